The number of aromatic nitrogens is 2. The van der Waals surface area contributed by atoms with E-state index in [0.29, 0.717) is 16.7 Å². The third kappa shape index (κ3) is 4.14. The Labute approximate surface area is 142 Å². The van der Waals surface area contributed by atoms with Crippen molar-refractivity contribution in [3.63, 3.8) is 0 Å². The Kier molecular flexibility index (Phi) is 4.81. The van der Waals surface area contributed by atoms with Crippen molar-refractivity contribution < 1.29 is 14.3 Å². The summed E-state index contributed by atoms with van der Waals surface area (Å²) in [7, 11) is 0. The Balaban J connectivity index is 1.57. The van der Waals surface area contributed by atoms with Gasteiger partial charge in [-0.2, -0.15) is 0 Å². The molecule has 0 radical (unpaired) electrons. The Morgan fingerprint density at radius 2 is 2.00 bits per heavy atom. The van der Waals surface area contributed by atoms with E-state index >= 15 is 0 Å². The number of anilines is 1. The summed E-state index contributed by atoms with van der Waals surface area (Å²) >= 11 is 1.17. The molecule has 0 unspecified atom stereocenters. The van der Waals surface area contributed by atoms with Gasteiger partial charge in [0.05, 0.1) is 5.75 Å². The number of phenols is 1. The maximum absolute atomic E-state index is 12.0. The molecule has 1 aromatic heterocycles. The second-order valence-corrected chi connectivity index (χ2v) is 6.05. The molecule has 0 aliphatic heterocycles. The first-order chi connectivity index (χ1) is 11.6. The quantitative estimate of drug-likeness (QED) is 0.691. The van der Waals surface area contributed by atoms with E-state index in [1.165, 1.54) is 11.8 Å². The minimum Gasteiger partial charge on any atom is -0.508 e. The highest BCUT2D eigenvalue weighted by atomic mass is 32.2. The van der Waals surface area contributed by atoms with Crippen molar-refractivity contribution in [3.8, 4) is 17.2 Å². The van der Waals surface area contributed by atoms with Crippen LogP contribution in [0.1, 0.15) is 5.56 Å². The lowest BCUT2D eigenvalue weighted by Crippen LogP contribution is -2.13. The SMILES string of the molecule is Cc1cccc(NC(=O)CSc2nnc(-c3ccc(O)cc3)o2)c1. The van der Waals surface area contributed by atoms with E-state index in [9.17, 15) is 9.90 Å². The number of phenolic OH excluding ortho intramolecular Hbond substituents is 1. The minimum absolute atomic E-state index is 0.144. The van der Waals surface area contributed by atoms with Gasteiger partial charge in [0.2, 0.25) is 11.8 Å². The molecule has 122 valence electrons. The number of aromatic hydroxyl groups is 1. The topological polar surface area (TPSA) is 88.2 Å². The molecule has 0 aliphatic carbocycles. The number of hydrogen-bond acceptors (Lipinski definition) is 6. The average molecular weight is 341 g/mol. The van der Waals surface area contributed by atoms with Crippen LogP contribution in [0.15, 0.2) is 58.2 Å². The highest BCUT2D eigenvalue weighted by Gasteiger charge is 2.11. The molecule has 3 rings (SSSR count). The van der Waals surface area contributed by atoms with Crippen molar-refractivity contribution in [1.29, 1.82) is 0 Å². The van der Waals surface area contributed by atoms with Crippen LogP contribution >= 0.6 is 11.8 Å². The largest absolute Gasteiger partial charge is 0.508 e. The van der Waals surface area contributed by atoms with Gasteiger partial charge < -0.3 is 14.8 Å². The lowest BCUT2D eigenvalue weighted by atomic mass is 10.2. The molecule has 3 aromatic rings. The fourth-order valence-corrected chi connectivity index (χ4v) is 2.60. The first-order valence-electron chi connectivity index (χ1n) is 7.22. The second kappa shape index (κ2) is 7.18. The van der Waals surface area contributed by atoms with Crippen LogP contribution in [0.3, 0.4) is 0 Å². The predicted molar refractivity (Wildman–Crippen MR) is 91.9 cm³/mol. The van der Waals surface area contributed by atoms with Crippen LogP contribution in [0.4, 0.5) is 5.69 Å². The Bertz CT molecular complexity index is 846. The predicted octanol–water partition coefficient (Wildman–Crippen LogP) is 3.48. The number of nitrogens with one attached hydrogen (secondary N) is 1. The number of nitrogens with zero attached hydrogens (tertiary/aromatic N) is 2. The normalized spacial score (nSPS) is 10.5. The number of carbonyl (C=O) groups is 1. The van der Waals surface area contributed by atoms with Crippen LogP contribution in [-0.2, 0) is 4.79 Å². The fraction of sp³-hybridized carbons (Fsp3) is 0.118. The van der Waals surface area contributed by atoms with Crippen LogP contribution < -0.4 is 5.32 Å². The van der Waals surface area contributed by atoms with Crippen LogP contribution in [0, 0.1) is 6.92 Å². The zero-order chi connectivity index (χ0) is 16.9. The highest BCUT2D eigenvalue weighted by Crippen LogP contribution is 2.24. The average Bonchev–Trinajstić information content (AvgIpc) is 3.03. The van der Waals surface area contributed by atoms with Gasteiger partial charge in [-0.3, -0.25) is 4.79 Å². The van der Waals surface area contributed by atoms with E-state index in [1.807, 2.05) is 31.2 Å². The van der Waals surface area contributed by atoms with Crippen molar-refractivity contribution in [1.82, 2.24) is 10.2 Å². The van der Waals surface area contributed by atoms with E-state index in [0.717, 1.165) is 11.3 Å². The number of aryl methyl sites for hydroxylation is 1. The summed E-state index contributed by atoms with van der Waals surface area (Å²) in [5.41, 5.74) is 2.54. The number of hydrogen-bond donors (Lipinski definition) is 2. The summed E-state index contributed by atoms with van der Waals surface area (Å²) < 4.78 is 5.51. The van der Waals surface area contributed by atoms with Gasteiger partial charge in [-0.05, 0) is 48.9 Å². The molecule has 0 fully saturated rings. The Morgan fingerprint density at radius 3 is 2.75 bits per heavy atom. The van der Waals surface area contributed by atoms with Crippen molar-refractivity contribution in [3.05, 3.63) is 54.1 Å². The third-order valence-corrected chi connectivity index (χ3v) is 3.97. The molecule has 7 heteroatoms. The lowest BCUT2D eigenvalue weighted by molar-refractivity contribution is -0.113. The number of thioether (sulfide) groups is 1. The highest BCUT2D eigenvalue weighted by molar-refractivity contribution is 7.99. The molecule has 2 N–H and O–H groups in total. The molecule has 0 bridgehead atoms. The summed E-state index contributed by atoms with van der Waals surface area (Å²) in [6.07, 6.45) is 0. The van der Waals surface area contributed by atoms with E-state index in [-0.39, 0.29) is 17.4 Å². The van der Waals surface area contributed by atoms with Crippen molar-refractivity contribution in [2.75, 3.05) is 11.1 Å². The van der Waals surface area contributed by atoms with E-state index in [4.69, 9.17) is 4.42 Å². The molecule has 6 nitrogen and oxygen atoms in total. The van der Waals surface area contributed by atoms with Crippen molar-refractivity contribution in [2.24, 2.45) is 0 Å². The van der Waals surface area contributed by atoms with Gasteiger partial charge >= 0.3 is 0 Å². The van der Waals surface area contributed by atoms with Gasteiger partial charge in [0.25, 0.3) is 5.22 Å². The molecule has 24 heavy (non-hydrogen) atoms. The van der Waals surface area contributed by atoms with E-state index in [2.05, 4.69) is 15.5 Å². The number of benzene rings is 2. The molecular formula is C17H15N3O3S. The third-order valence-electron chi connectivity index (χ3n) is 3.15. The smallest absolute Gasteiger partial charge is 0.277 e. The van der Waals surface area contributed by atoms with Gasteiger partial charge in [0, 0.05) is 11.3 Å². The molecule has 1 heterocycles. The molecule has 0 atom stereocenters. The summed E-state index contributed by atoms with van der Waals surface area (Å²) in [6.45, 7) is 1.97. The molecule has 0 saturated carbocycles. The summed E-state index contributed by atoms with van der Waals surface area (Å²) in [5.74, 6) is 0.540. The van der Waals surface area contributed by atoms with E-state index < -0.39 is 0 Å². The Hall–Kier alpha value is -2.80. The summed E-state index contributed by atoms with van der Waals surface area (Å²) in [5, 5.41) is 20.3. The molecule has 0 aliphatic rings. The van der Waals surface area contributed by atoms with Gasteiger partial charge in [-0.25, -0.2) is 0 Å². The Morgan fingerprint density at radius 1 is 1.21 bits per heavy atom. The van der Waals surface area contributed by atoms with E-state index in [1.54, 1.807) is 24.3 Å². The number of carbonyl (C=O) groups excluding carboxylic acids is 1. The fourth-order valence-electron chi connectivity index (χ4n) is 2.04. The van der Waals surface area contributed by atoms with Crippen LogP contribution in [0.25, 0.3) is 11.5 Å². The molecule has 0 saturated heterocycles. The zero-order valence-corrected chi connectivity index (χ0v) is 13.7. The number of rotatable bonds is 5. The first-order valence-corrected chi connectivity index (χ1v) is 8.21. The van der Waals surface area contributed by atoms with Gasteiger partial charge in [-0.15, -0.1) is 10.2 Å². The second-order valence-electron chi connectivity index (χ2n) is 5.13. The molecule has 0 spiro atoms. The lowest BCUT2D eigenvalue weighted by Gasteiger charge is -2.04. The van der Waals surface area contributed by atoms with Gasteiger partial charge in [0.1, 0.15) is 5.75 Å². The van der Waals surface area contributed by atoms with Gasteiger partial charge in [0.15, 0.2) is 0 Å². The monoisotopic (exact) mass is 341 g/mol. The van der Waals surface area contributed by atoms with Crippen LogP contribution in [-0.4, -0.2) is 27.0 Å². The van der Waals surface area contributed by atoms with Gasteiger partial charge in [-0.1, -0.05) is 23.9 Å². The minimum atomic E-state index is -0.144. The number of amides is 1. The van der Waals surface area contributed by atoms with Crippen LogP contribution in [0.2, 0.25) is 0 Å². The van der Waals surface area contributed by atoms with Crippen LogP contribution in [0.5, 0.6) is 5.75 Å². The maximum atomic E-state index is 12.0. The first kappa shape index (κ1) is 16.1. The standard InChI is InChI=1S/C17H15N3O3S/c1-11-3-2-4-13(9-11)18-15(22)10-24-17-20-19-16(23-17)12-5-7-14(21)8-6-12/h2-9,21H,10H2,1H3,(H,18,22). The maximum Gasteiger partial charge on any atom is 0.277 e. The summed E-state index contributed by atoms with van der Waals surface area (Å²) in [6, 6.07) is 14.0. The van der Waals surface area contributed by atoms with Crippen molar-refractivity contribution in [2.45, 2.75) is 12.1 Å². The zero-order valence-electron chi connectivity index (χ0n) is 12.9. The summed E-state index contributed by atoms with van der Waals surface area (Å²) in [4.78, 5) is 12.0. The molecule has 1 amide bonds. The molecular weight excluding hydrogens is 326 g/mol. The molecule has 2 aromatic carbocycles. The van der Waals surface area contributed by atoms with Crippen molar-refractivity contribution >= 4 is 23.4 Å².